The highest BCUT2D eigenvalue weighted by Gasteiger charge is 2.30. The first-order valence-electron chi connectivity index (χ1n) is 8.49. The number of rotatable bonds is 7. The number of nitrogens with one attached hydrogen (secondary N) is 1. The molecule has 0 fully saturated rings. The molecule has 0 saturated heterocycles. The quantitative estimate of drug-likeness (QED) is 0.772. The molecule has 4 nitrogen and oxygen atoms in total. The Balaban J connectivity index is 1.83. The zero-order valence-electron chi connectivity index (χ0n) is 14.8. The zero-order chi connectivity index (χ0) is 20.0. The van der Waals surface area contributed by atoms with Crippen LogP contribution in [0.3, 0.4) is 0 Å². The SMILES string of the molecule is CC(CC(=O)NCCc1cccc(C(N)=O)c1)c1ccc(C(F)(F)F)cc1. The Morgan fingerprint density at radius 2 is 1.78 bits per heavy atom. The molecule has 27 heavy (non-hydrogen) atoms. The van der Waals surface area contributed by atoms with Gasteiger partial charge in [0.2, 0.25) is 11.8 Å². The topological polar surface area (TPSA) is 72.2 Å². The van der Waals surface area contributed by atoms with Crippen molar-refractivity contribution in [3.8, 4) is 0 Å². The van der Waals surface area contributed by atoms with Gasteiger partial charge in [-0.25, -0.2) is 0 Å². The van der Waals surface area contributed by atoms with Crippen molar-refractivity contribution in [2.75, 3.05) is 6.54 Å². The monoisotopic (exact) mass is 378 g/mol. The lowest BCUT2D eigenvalue weighted by Crippen LogP contribution is -2.26. The number of primary amides is 1. The average molecular weight is 378 g/mol. The van der Waals surface area contributed by atoms with Gasteiger partial charge < -0.3 is 11.1 Å². The highest BCUT2D eigenvalue weighted by molar-refractivity contribution is 5.92. The minimum atomic E-state index is -4.37. The van der Waals surface area contributed by atoms with Gasteiger partial charge in [-0.3, -0.25) is 9.59 Å². The molecule has 0 aliphatic heterocycles. The van der Waals surface area contributed by atoms with Crippen LogP contribution in [-0.2, 0) is 17.4 Å². The summed E-state index contributed by atoms with van der Waals surface area (Å²) in [6.07, 6.45) is -3.65. The average Bonchev–Trinajstić information content (AvgIpc) is 2.61. The summed E-state index contributed by atoms with van der Waals surface area (Å²) in [5, 5.41) is 2.78. The molecule has 0 aromatic heterocycles. The lowest BCUT2D eigenvalue weighted by Gasteiger charge is -2.14. The molecule has 7 heteroatoms. The number of carbonyl (C=O) groups excluding carboxylic acids is 2. The third-order valence-electron chi connectivity index (χ3n) is 4.25. The van der Waals surface area contributed by atoms with Crippen molar-refractivity contribution in [2.24, 2.45) is 5.73 Å². The normalized spacial score (nSPS) is 12.4. The van der Waals surface area contributed by atoms with Gasteiger partial charge in [0.25, 0.3) is 0 Å². The summed E-state index contributed by atoms with van der Waals surface area (Å²) in [4.78, 5) is 23.2. The molecule has 0 aliphatic carbocycles. The third kappa shape index (κ3) is 6.13. The van der Waals surface area contributed by atoms with Crippen LogP contribution in [0.15, 0.2) is 48.5 Å². The molecule has 1 unspecified atom stereocenters. The van der Waals surface area contributed by atoms with E-state index in [0.29, 0.717) is 24.1 Å². The van der Waals surface area contributed by atoms with E-state index < -0.39 is 17.6 Å². The van der Waals surface area contributed by atoms with Crippen LogP contribution < -0.4 is 11.1 Å². The fourth-order valence-corrected chi connectivity index (χ4v) is 2.70. The molecule has 0 saturated carbocycles. The van der Waals surface area contributed by atoms with Crippen LogP contribution in [0.1, 0.15) is 46.3 Å². The summed E-state index contributed by atoms with van der Waals surface area (Å²) in [6, 6.07) is 11.7. The molecule has 0 aliphatic rings. The van der Waals surface area contributed by atoms with E-state index in [1.54, 1.807) is 25.1 Å². The maximum absolute atomic E-state index is 12.6. The molecule has 0 spiro atoms. The molecule has 2 aromatic rings. The van der Waals surface area contributed by atoms with Crippen molar-refractivity contribution in [1.82, 2.24) is 5.32 Å². The summed E-state index contributed by atoms with van der Waals surface area (Å²) >= 11 is 0. The first-order chi connectivity index (χ1) is 12.7. The van der Waals surface area contributed by atoms with Crippen molar-refractivity contribution in [3.63, 3.8) is 0 Å². The van der Waals surface area contributed by atoms with Gasteiger partial charge in [0.1, 0.15) is 0 Å². The summed E-state index contributed by atoms with van der Waals surface area (Å²) < 4.78 is 37.8. The van der Waals surface area contributed by atoms with Crippen molar-refractivity contribution in [1.29, 1.82) is 0 Å². The van der Waals surface area contributed by atoms with E-state index in [-0.39, 0.29) is 18.2 Å². The van der Waals surface area contributed by atoms with Gasteiger partial charge in [0, 0.05) is 18.5 Å². The fraction of sp³-hybridized carbons (Fsp3) is 0.300. The van der Waals surface area contributed by atoms with E-state index >= 15 is 0 Å². The molecule has 2 amide bonds. The summed E-state index contributed by atoms with van der Waals surface area (Å²) in [5.74, 6) is -0.898. The molecular weight excluding hydrogens is 357 g/mol. The first kappa shape index (κ1) is 20.5. The van der Waals surface area contributed by atoms with Crippen LogP contribution in [0.25, 0.3) is 0 Å². The van der Waals surface area contributed by atoms with Crippen molar-refractivity contribution in [2.45, 2.75) is 31.9 Å². The van der Waals surface area contributed by atoms with Gasteiger partial charge in [-0.1, -0.05) is 31.2 Å². The molecule has 1 atom stereocenters. The zero-order valence-corrected chi connectivity index (χ0v) is 14.8. The number of benzene rings is 2. The van der Waals surface area contributed by atoms with Gasteiger partial charge >= 0.3 is 6.18 Å². The number of amides is 2. The van der Waals surface area contributed by atoms with E-state index in [1.807, 2.05) is 6.07 Å². The molecule has 3 N–H and O–H groups in total. The lowest BCUT2D eigenvalue weighted by atomic mass is 9.96. The lowest BCUT2D eigenvalue weighted by molar-refractivity contribution is -0.137. The summed E-state index contributed by atoms with van der Waals surface area (Å²) in [5.41, 5.74) is 6.49. The van der Waals surface area contributed by atoms with Crippen LogP contribution in [0, 0.1) is 0 Å². The Bertz CT molecular complexity index is 802. The Kier molecular flexibility index (Phi) is 6.60. The molecule has 144 valence electrons. The Morgan fingerprint density at radius 1 is 1.11 bits per heavy atom. The van der Waals surface area contributed by atoms with E-state index in [1.165, 1.54) is 12.1 Å². The van der Waals surface area contributed by atoms with Gasteiger partial charge in [-0.15, -0.1) is 0 Å². The second-order valence-electron chi connectivity index (χ2n) is 6.39. The van der Waals surface area contributed by atoms with Gasteiger partial charge in [-0.2, -0.15) is 13.2 Å². The molecule has 0 heterocycles. The number of nitrogens with two attached hydrogens (primary N) is 1. The Morgan fingerprint density at radius 3 is 2.37 bits per heavy atom. The number of hydrogen-bond donors (Lipinski definition) is 2. The van der Waals surface area contributed by atoms with Crippen molar-refractivity contribution >= 4 is 11.8 Å². The number of hydrogen-bond acceptors (Lipinski definition) is 2. The molecular formula is C20H21F3N2O2. The van der Waals surface area contributed by atoms with Crippen LogP contribution in [0.4, 0.5) is 13.2 Å². The molecule has 2 aromatic carbocycles. The molecule has 0 bridgehead atoms. The second kappa shape index (κ2) is 8.70. The third-order valence-corrected chi connectivity index (χ3v) is 4.25. The van der Waals surface area contributed by atoms with Crippen LogP contribution in [0.5, 0.6) is 0 Å². The smallest absolute Gasteiger partial charge is 0.366 e. The summed E-state index contributed by atoms with van der Waals surface area (Å²) in [6.45, 7) is 2.18. The maximum Gasteiger partial charge on any atom is 0.416 e. The summed E-state index contributed by atoms with van der Waals surface area (Å²) in [7, 11) is 0. The largest absolute Gasteiger partial charge is 0.416 e. The number of halogens is 3. The van der Waals surface area contributed by atoms with Gasteiger partial charge in [-0.05, 0) is 47.7 Å². The van der Waals surface area contributed by atoms with Crippen molar-refractivity contribution < 1.29 is 22.8 Å². The van der Waals surface area contributed by atoms with Gasteiger partial charge in [0.15, 0.2) is 0 Å². The van der Waals surface area contributed by atoms with Crippen LogP contribution in [-0.4, -0.2) is 18.4 Å². The molecule has 2 rings (SSSR count). The van der Waals surface area contributed by atoms with Crippen molar-refractivity contribution in [3.05, 3.63) is 70.8 Å². The highest BCUT2D eigenvalue weighted by atomic mass is 19.4. The second-order valence-corrected chi connectivity index (χ2v) is 6.39. The van der Waals surface area contributed by atoms with Gasteiger partial charge in [0.05, 0.1) is 5.56 Å². The fourth-order valence-electron chi connectivity index (χ4n) is 2.70. The Hall–Kier alpha value is -2.83. The highest BCUT2D eigenvalue weighted by Crippen LogP contribution is 2.30. The van der Waals surface area contributed by atoms with E-state index in [0.717, 1.165) is 17.7 Å². The van der Waals surface area contributed by atoms with Crippen LogP contribution >= 0.6 is 0 Å². The standard InChI is InChI=1S/C20H21F3N2O2/c1-13(15-5-7-17(8-6-15)20(21,22)23)11-18(26)25-10-9-14-3-2-4-16(12-14)19(24)27/h2-8,12-13H,9-11H2,1H3,(H2,24,27)(H,25,26). The Labute approximate surface area is 155 Å². The minimum Gasteiger partial charge on any atom is -0.366 e. The van der Waals surface area contributed by atoms with Crippen LogP contribution in [0.2, 0.25) is 0 Å². The van der Waals surface area contributed by atoms with E-state index in [9.17, 15) is 22.8 Å². The number of carbonyl (C=O) groups is 2. The number of alkyl halides is 3. The first-order valence-corrected chi connectivity index (χ1v) is 8.49. The predicted octanol–water partition coefficient (Wildman–Crippen LogP) is 3.66. The van der Waals surface area contributed by atoms with E-state index in [4.69, 9.17) is 5.73 Å². The predicted molar refractivity (Wildman–Crippen MR) is 96.1 cm³/mol. The maximum atomic E-state index is 12.6. The minimum absolute atomic E-state index is 0.173. The van der Waals surface area contributed by atoms with E-state index in [2.05, 4.69) is 5.32 Å². The molecule has 0 radical (unpaired) electrons.